The summed E-state index contributed by atoms with van der Waals surface area (Å²) in [5.74, 6) is -3.56. The summed E-state index contributed by atoms with van der Waals surface area (Å²) >= 11 is 0. The van der Waals surface area contributed by atoms with Crippen LogP contribution in [0.1, 0.15) is 19.4 Å². The monoisotopic (exact) mass is 253 g/mol. The molecule has 1 unspecified atom stereocenters. The standard InChI is InChI=1S/C13H16FNO3/c1-7(2)11(13(17)18)12(16)15-9-4-5-10(14)8(3)6-9/h4-7,11H,1-3H3,(H,15,16)(H,17,18). The third kappa shape index (κ3) is 3.29. The molecule has 1 aromatic carbocycles. The van der Waals surface area contributed by atoms with Crippen LogP contribution in [0.15, 0.2) is 18.2 Å². The van der Waals surface area contributed by atoms with E-state index in [1.165, 1.54) is 18.2 Å². The number of nitrogens with one attached hydrogen (secondary N) is 1. The molecule has 1 atom stereocenters. The van der Waals surface area contributed by atoms with E-state index in [-0.39, 0.29) is 11.7 Å². The Balaban J connectivity index is 2.86. The number of anilines is 1. The summed E-state index contributed by atoms with van der Waals surface area (Å²) in [4.78, 5) is 22.8. The number of aliphatic carboxylic acids is 1. The molecule has 0 aliphatic rings. The van der Waals surface area contributed by atoms with Gasteiger partial charge in [0, 0.05) is 5.69 Å². The molecule has 1 rings (SSSR count). The van der Waals surface area contributed by atoms with Crippen LogP contribution in [-0.4, -0.2) is 17.0 Å². The minimum Gasteiger partial charge on any atom is -0.481 e. The number of carboxylic acid groups (broad SMARTS) is 1. The van der Waals surface area contributed by atoms with Crippen molar-refractivity contribution in [3.63, 3.8) is 0 Å². The fourth-order valence-corrected chi connectivity index (χ4v) is 1.64. The maximum absolute atomic E-state index is 13.0. The molecule has 0 fully saturated rings. The highest BCUT2D eigenvalue weighted by Crippen LogP contribution is 2.17. The van der Waals surface area contributed by atoms with Crippen molar-refractivity contribution in [1.29, 1.82) is 0 Å². The lowest BCUT2D eigenvalue weighted by Gasteiger charge is -2.16. The highest BCUT2D eigenvalue weighted by Gasteiger charge is 2.29. The number of carbonyl (C=O) groups is 2. The number of carboxylic acids is 1. The van der Waals surface area contributed by atoms with Crippen LogP contribution < -0.4 is 5.32 Å². The zero-order valence-corrected chi connectivity index (χ0v) is 10.5. The summed E-state index contributed by atoms with van der Waals surface area (Å²) in [5.41, 5.74) is 0.787. The van der Waals surface area contributed by atoms with Gasteiger partial charge >= 0.3 is 5.97 Å². The molecule has 0 spiro atoms. The van der Waals surface area contributed by atoms with E-state index in [1.54, 1.807) is 20.8 Å². The second-order valence-corrected chi connectivity index (χ2v) is 4.51. The number of amides is 1. The van der Waals surface area contributed by atoms with Gasteiger partial charge in [-0.15, -0.1) is 0 Å². The number of rotatable bonds is 4. The highest BCUT2D eigenvalue weighted by molar-refractivity contribution is 6.04. The summed E-state index contributed by atoms with van der Waals surface area (Å²) in [6.07, 6.45) is 0. The third-order valence-electron chi connectivity index (χ3n) is 2.64. The van der Waals surface area contributed by atoms with Gasteiger partial charge in [-0.2, -0.15) is 0 Å². The topological polar surface area (TPSA) is 66.4 Å². The Morgan fingerprint density at radius 3 is 2.39 bits per heavy atom. The normalized spacial score (nSPS) is 12.3. The maximum Gasteiger partial charge on any atom is 0.316 e. The first kappa shape index (κ1) is 14.2. The minimum atomic E-state index is -1.17. The van der Waals surface area contributed by atoms with Crippen LogP contribution in [0.5, 0.6) is 0 Å². The molecule has 0 bridgehead atoms. The average molecular weight is 253 g/mol. The van der Waals surface area contributed by atoms with Gasteiger partial charge in [0.2, 0.25) is 5.91 Å². The lowest BCUT2D eigenvalue weighted by Crippen LogP contribution is -2.33. The number of hydrogen-bond acceptors (Lipinski definition) is 2. The first-order valence-corrected chi connectivity index (χ1v) is 5.62. The molecule has 1 aromatic rings. The van der Waals surface area contributed by atoms with E-state index in [4.69, 9.17) is 5.11 Å². The molecule has 0 aromatic heterocycles. The van der Waals surface area contributed by atoms with E-state index < -0.39 is 17.8 Å². The second kappa shape index (κ2) is 5.62. The van der Waals surface area contributed by atoms with Crippen LogP contribution in [-0.2, 0) is 9.59 Å². The quantitative estimate of drug-likeness (QED) is 0.810. The SMILES string of the molecule is Cc1cc(NC(=O)C(C(=O)O)C(C)C)ccc1F. The molecule has 0 radical (unpaired) electrons. The van der Waals surface area contributed by atoms with Crippen LogP contribution in [0, 0.1) is 24.6 Å². The van der Waals surface area contributed by atoms with Crippen molar-refractivity contribution in [1.82, 2.24) is 0 Å². The molecule has 0 aliphatic carbocycles. The largest absolute Gasteiger partial charge is 0.481 e. The lowest BCUT2D eigenvalue weighted by atomic mass is 9.95. The summed E-state index contributed by atoms with van der Waals surface area (Å²) in [6, 6.07) is 4.10. The van der Waals surface area contributed by atoms with Gasteiger partial charge in [-0.05, 0) is 36.6 Å². The predicted octanol–water partition coefficient (Wildman–Crippen LogP) is 2.43. The zero-order valence-electron chi connectivity index (χ0n) is 10.5. The molecule has 0 saturated carbocycles. The Bertz CT molecular complexity index is 471. The van der Waals surface area contributed by atoms with E-state index in [2.05, 4.69) is 5.32 Å². The molecule has 2 N–H and O–H groups in total. The van der Waals surface area contributed by atoms with Gasteiger partial charge in [-0.25, -0.2) is 4.39 Å². The first-order chi connectivity index (χ1) is 8.32. The molecular formula is C13H16FNO3. The van der Waals surface area contributed by atoms with Crippen LogP contribution in [0.3, 0.4) is 0 Å². The fraction of sp³-hybridized carbons (Fsp3) is 0.385. The van der Waals surface area contributed by atoms with Crippen LogP contribution in [0.25, 0.3) is 0 Å². The van der Waals surface area contributed by atoms with Gasteiger partial charge < -0.3 is 10.4 Å². The average Bonchev–Trinajstić information content (AvgIpc) is 2.22. The van der Waals surface area contributed by atoms with E-state index in [9.17, 15) is 14.0 Å². The second-order valence-electron chi connectivity index (χ2n) is 4.51. The Hall–Kier alpha value is -1.91. The maximum atomic E-state index is 13.0. The smallest absolute Gasteiger partial charge is 0.316 e. The molecule has 18 heavy (non-hydrogen) atoms. The Kier molecular flexibility index (Phi) is 4.42. The van der Waals surface area contributed by atoms with Crippen molar-refractivity contribution in [2.75, 3.05) is 5.32 Å². The summed E-state index contributed by atoms with van der Waals surface area (Å²) in [7, 11) is 0. The van der Waals surface area contributed by atoms with E-state index in [1.807, 2.05) is 0 Å². The molecule has 4 nitrogen and oxygen atoms in total. The van der Waals surface area contributed by atoms with Crippen molar-refractivity contribution in [2.24, 2.45) is 11.8 Å². The van der Waals surface area contributed by atoms with E-state index in [0.29, 0.717) is 11.3 Å². The number of aryl methyl sites for hydroxylation is 1. The van der Waals surface area contributed by atoms with Crippen molar-refractivity contribution in [3.05, 3.63) is 29.6 Å². The van der Waals surface area contributed by atoms with Gasteiger partial charge in [0.25, 0.3) is 0 Å². The zero-order chi connectivity index (χ0) is 13.9. The van der Waals surface area contributed by atoms with Gasteiger partial charge in [0.05, 0.1) is 0 Å². The Morgan fingerprint density at radius 1 is 1.33 bits per heavy atom. The predicted molar refractivity (Wildman–Crippen MR) is 65.7 cm³/mol. The lowest BCUT2D eigenvalue weighted by molar-refractivity contribution is -0.147. The molecule has 0 saturated heterocycles. The molecule has 98 valence electrons. The van der Waals surface area contributed by atoms with Gasteiger partial charge in [-0.1, -0.05) is 13.8 Å². The van der Waals surface area contributed by atoms with Crippen LogP contribution in [0.4, 0.5) is 10.1 Å². The van der Waals surface area contributed by atoms with Crippen LogP contribution >= 0.6 is 0 Å². The number of benzene rings is 1. The highest BCUT2D eigenvalue weighted by atomic mass is 19.1. The molecule has 1 amide bonds. The van der Waals surface area contributed by atoms with E-state index >= 15 is 0 Å². The summed E-state index contributed by atoms with van der Waals surface area (Å²) in [6.45, 7) is 4.89. The summed E-state index contributed by atoms with van der Waals surface area (Å²) in [5, 5.41) is 11.5. The molecule has 0 heterocycles. The Morgan fingerprint density at radius 2 is 1.94 bits per heavy atom. The van der Waals surface area contributed by atoms with Crippen molar-refractivity contribution in [2.45, 2.75) is 20.8 Å². The Labute approximate surface area is 105 Å². The number of carbonyl (C=O) groups excluding carboxylic acids is 1. The molecular weight excluding hydrogens is 237 g/mol. The minimum absolute atomic E-state index is 0.316. The third-order valence-corrected chi connectivity index (χ3v) is 2.64. The van der Waals surface area contributed by atoms with Crippen molar-refractivity contribution >= 4 is 17.6 Å². The number of hydrogen-bond donors (Lipinski definition) is 2. The van der Waals surface area contributed by atoms with Crippen molar-refractivity contribution < 1.29 is 19.1 Å². The number of halogens is 1. The van der Waals surface area contributed by atoms with Gasteiger partial charge in [0.15, 0.2) is 0 Å². The van der Waals surface area contributed by atoms with Gasteiger partial charge in [-0.3, -0.25) is 9.59 Å². The van der Waals surface area contributed by atoms with Crippen LogP contribution in [0.2, 0.25) is 0 Å². The van der Waals surface area contributed by atoms with Gasteiger partial charge in [0.1, 0.15) is 11.7 Å². The van der Waals surface area contributed by atoms with E-state index in [0.717, 1.165) is 0 Å². The summed E-state index contributed by atoms with van der Waals surface area (Å²) < 4.78 is 13.0. The fourth-order valence-electron chi connectivity index (χ4n) is 1.64. The molecule has 0 aliphatic heterocycles. The molecule has 5 heteroatoms. The van der Waals surface area contributed by atoms with Crippen molar-refractivity contribution in [3.8, 4) is 0 Å². The first-order valence-electron chi connectivity index (χ1n) is 5.62.